The molecule has 0 rings (SSSR count). The summed E-state index contributed by atoms with van der Waals surface area (Å²) in [6, 6.07) is 0. The maximum Gasteiger partial charge on any atom is 0.0431 e. The second-order valence-corrected chi connectivity index (χ2v) is 2.49. The molecule has 0 aromatic rings. The maximum absolute atomic E-state index is 8.42. The molecule has 0 spiro atoms. The Morgan fingerprint density at radius 3 is 1.90 bits per heavy atom. The largest absolute Gasteiger partial charge is 0.396 e. The van der Waals surface area contributed by atoms with E-state index < -0.39 is 0 Å². The van der Waals surface area contributed by atoms with E-state index in [1.165, 1.54) is 32.1 Å². The third-order valence-corrected chi connectivity index (χ3v) is 1.51. The molecule has 0 atom stereocenters. The molecule has 0 fully saturated rings. The van der Waals surface area contributed by atoms with E-state index in [4.69, 9.17) is 5.11 Å². The summed E-state index contributed by atoms with van der Waals surface area (Å²) in [4.78, 5) is 0. The molecule has 0 amide bonds. The molecule has 0 saturated heterocycles. The first-order chi connectivity index (χ1) is 4.41. The SMILES string of the molecule is CCCCCCCCO.[Ti]. The van der Waals surface area contributed by atoms with Crippen LogP contribution >= 0.6 is 0 Å². The van der Waals surface area contributed by atoms with Crippen molar-refractivity contribution >= 4 is 0 Å². The second kappa shape index (κ2) is 12.4. The average molecular weight is 178 g/mol. The Morgan fingerprint density at radius 1 is 0.900 bits per heavy atom. The minimum atomic E-state index is 0. The molecule has 0 radical (unpaired) electrons. The van der Waals surface area contributed by atoms with E-state index in [9.17, 15) is 0 Å². The predicted molar refractivity (Wildman–Crippen MR) is 40.5 cm³/mol. The maximum atomic E-state index is 8.42. The molecule has 0 aliphatic heterocycles. The van der Waals surface area contributed by atoms with Crippen LogP contribution in [0.1, 0.15) is 45.4 Å². The van der Waals surface area contributed by atoms with Crippen LogP contribution in [-0.2, 0) is 21.7 Å². The van der Waals surface area contributed by atoms with Gasteiger partial charge in [0.25, 0.3) is 0 Å². The Hall–Kier alpha value is 0.674. The molecule has 0 heterocycles. The first kappa shape index (κ1) is 13.3. The van der Waals surface area contributed by atoms with Crippen LogP contribution in [0.2, 0.25) is 0 Å². The Morgan fingerprint density at radius 2 is 1.40 bits per heavy atom. The molecule has 1 nitrogen and oxygen atoms in total. The third-order valence-electron chi connectivity index (χ3n) is 1.51. The first-order valence-corrected chi connectivity index (χ1v) is 4.02. The summed E-state index contributed by atoms with van der Waals surface area (Å²) >= 11 is 0. The molecule has 1 N–H and O–H groups in total. The van der Waals surface area contributed by atoms with Crippen LogP contribution in [0.4, 0.5) is 0 Å². The Balaban J connectivity index is 0. The molecule has 10 heavy (non-hydrogen) atoms. The zero-order valence-corrected chi connectivity index (χ0v) is 8.46. The van der Waals surface area contributed by atoms with E-state index in [2.05, 4.69) is 6.92 Å². The zero-order valence-electron chi connectivity index (χ0n) is 6.90. The van der Waals surface area contributed by atoms with Crippen molar-refractivity contribution in [3.63, 3.8) is 0 Å². The molecule has 0 unspecified atom stereocenters. The van der Waals surface area contributed by atoms with Crippen molar-refractivity contribution in [1.29, 1.82) is 0 Å². The number of hydrogen-bond donors (Lipinski definition) is 1. The molecule has 0 aromatic carbocycles. The normalized spacial score (nSPS) is 9.00. The first-order valence-electron chi connectivity index (χ1n) is 4.02. The van der Waals surface area contributed by atoms with Gasteiger partial charge < -0.3 is 5.11 Å². The summed E-state index contributed by atoms with van der Waals surface area (Å²) in [5.41, 5.74) is 0. The Kier molecular flexibility index (Phi) is 16.4. The number of hydrogen-bond acceptors (Lipinski definition) is 1. The van der Waals surface area contributed by atoms with Gasteiger partial charge in [-0.2, -0.15) is 0 Å². The summed E-state index contributed by atoms with van der Waals surface area (Å²) in [6.07, 6.45) is 7.50. The van der Waals surface area contributed by atoms with Crippen molar-refractivity contribution in [3.8, 4) is 0 Å². The summed E-state index contributed by atoms with van der Waals surface area (Å²) in [7, 11) is 0. The van der Waals surface area contributed by atoms with Gasteiger partial charge in [0.15, 0.2) is 0 Å². The minimum absolute atomic E-state index is 0. The van der Waals surface area contributed by atoms with Gasteiger partial charge in [-0.05, 0) is 6.42 Å². The molecule has 0 aliphatic carbocycles. The van der Waals surface area contributed by atoms with Gasteiger partial charge in [-0.3, -0.25) is 0 Å². The molecular weight excluding hydrogens is 160 g/mol. The van der Waals surface area contributed by atoms with Crippen molar-refractivity contribution in [2.24, 2.45) is 0 Å². The van der Waals surface area contributed by atoms with Gasteiger partial charge in [0.05, 0.1) is 0 Å². The molecule has 2 heteroatoms. The zero-order chi connectivity index (χ0) is 6.95. The number of rotatable bonds is 6. The monoisotopic (exact) mass is 178 g/mol. The van der Waals surface area contributed by atoms with Crippen molar-refractivity contribution in [2.75, 3.05) is 6.61 Å². The fraction of sp³-hybridized carbons (Fsp3) is 1.00. The summed E-state index contributed by atoms with van der Waals surface area (Å²) < 4.78 is 0. The van der Waals surface area contributed by atoms with Crippen LogP contribution in [0, 0.1) is 0 Å². The number of aliphatic hydroxyl groups excluding tert-OH is 1. The fourth-order valence-corrected chi connectivity index (χ4v) is 0.892. The van der Waals surface area contributed by atoms with E-state index in [0.29, 0.717) is 6.61 Å². The van der Waals surface area contributed by atoms with Crippen LogP contribution in [-0.4, -0.2) is 11.7 Å². The molecule has 0 bridgehead atoms. The van der Waals surface area contributed by atoms with Gasteiger partial charge in [-0.25, -0.2) is 0 Å². The van der Waals surface area contributed by atoms with Gasteiger partial charge in [0.2, 0.25) is 0 Å². The standard InChI is InChI=1S/C8H18O.Ti/c1-2-3-4-5-6-7-8-9;/h9H,2-8H2,1H3;. The van der Waals surface area contributed by atoms with Crippen LogP contribution in [0.15, 0.2) is 0 Å². The Labute approximate surface area is 79.1 Å². The fourth-order valence-electron chi connectivity index (χ4n) is 0.892. The minimum Gasteiger partial charge on any atom is -0.396 e. The van der Waals surface area contributed by atoms with Crippen LogP contribution in [0.3, 0.4) is 0 Å². The molecule has 0 aromatic heterocycles. The van der Waals surface area contributed by atoms with Gasteiger partial charge in [0.1, 0.15) is 0 Å². The number of unbranched alkanes of at least 4 members (excludes halogenated alkanes) is 5. The van der Waals surface area contributed by atoms with Gasteiger partial charge in [-0.15, -0.1) is 0 Å². The van der Waals surface area contributed by atoms with Crippen molar-refractivity contribution < 1.29 is 26.8 Å². The van der Waals surface area contributed by atoms with Crippen LogP contribution in [0.5, 0.6) is 0 Å². The van der Waals surface area contributed by atoms with Gasteiger partial charge >= 0.3 is 0 Å². The quantitative estimate of drug-likeness (QED) is 0.488. The summed E-state index contributed by atoms with van der Waals surface area (Å²) in [5.74, 6) is 0. The summed E-state index contributed by atoms with van der Waals surface area (Å²) in [5, 5.41) is 8.42. The summed E-state index contributed by atoms with van der Waals surface area (Å²) in [6.45, 7) is 2.58. The van der Waals surface area contributed by atoms with Crippen molar-refractivity contribution in [1.82, 2.24) is 0 Å². The van der Waals surface area contributed by atoms with E-state index >= 15 is 0 Å². The topological polar surface area (TPSA) is 20.2 Å². The second-order valence-electron chi connectivity index (χ2n) is 2.49. The Bertz CT molecular complexity index is 42.5. The van der Waals surface area contributed by atoms with Crippen LogP contribution in [0.25, 0.3) is 0 Å². The van der Waals surface area contributed by atoms with Crippen molar-refractivity contribution in [3.05, 3.63) is 0 Å². The van der Waals surface area contributed by atoms with Crippen molar-refractivity contribution in [2.45, 2.75) is 45.4 Å². The smallest absolute Gasteiger partial charge is 0.0431 e. The number of aliphatic hydroxyl groups is 1. The molecule has 60 valence electrons. The van der Waals surface area contributed by atoms with Gasteiger partial charge in [-0.1, -0.05) is 39.0 Å². The van der Waals surface area contributed by atoms with Gasteiger partial charge in [0, 0.05) is 28.3 Å². The average Bonchev–Trinajstić information content (AvgIpc) is 1.89. The van der Waals surface area contributed by atoms with Crippen LogP contribution < -0.4 is 0 Å². The molecule has 0 aliphatic rings. The molecule has 0 saturated carbocycles. The predicted octanol–water partition coefficient (Wildman–Crippen LogP) is 2.34. The molecular formula is C8H18OTi. The van der Waals surface area contributed by atoms with E-state index in [0.717, 1.165) is 6.42 Å². The van der Waals surface area contributed by atoms with E-state index in [-0.39, 0.29) is 21.7 Å². The third kappa shape index (κ3) is 11.5. The van der Waals surface area contributed by atoms with E-state index in [1.54, 1.807) is 0 Å². The van der Waals surface area contributed by atoms with E-state index in [1.807, 2.05) is 0 Å².